The van der Waals surface area contributed by atoms with E-state index >= 15 is 0 Å². The van der Waals surface area contributed by atoms with E-state index in [1.165, 1.54) is 0 Å². The summed E-state index contributed by atoms with van der Waals surface area (Å²) >= 11 is 6.03. The Morgan fingerprint density at radius 1 is 1.48 bits per heavy atom. The highest BCUT2D eigenvalue weighted by molar-refractivity contribution is 6.31. The van der Waals surface area contributed by atoms with Crippen molar-refractivity contribution in [1.82, 2.24) is 15.1 Å². The summed E-state index contributed by atoms with van der Waals surface area (Å²) in [6, 6.07) is 7.33. The maximum absolute atomic E-state index is 10.9. The van der Waals surface area contributed by atoms with Gasteiger partial charge in [-0.2, -0.15) is 5.10 Å². The van der Waals surface area contributed by atoms with Gasteiger partial charge in [-0.3, -0.25) is 0 Å². The second-order valence-corrected chi connectivity index (χ2v) is 6.40. The summed E-state index contributed by atoms with van der Waals surface area (Å²) in [5.74, 6) is 0.690. The molecule has 134 valence electrons. The Morgan fingerprint density at radius 3 is 2.88 bits per heavy atom. The SMILES string of the molecule is Cc1nn(-c2ccc(OC[C@H]3COCC[C@@H]3NC(=O)O)cc2)cc1Cl. The standard InChI is InChI=1S/C17H20ClN3O4/c1-11-15(18)8-21(20-11)13-2-4-14(5-3-13)25-10-12-9-24-7-6-16(12)19-17(22)23/h2-5,8,12,16,19H,6-7,9-10H2,1H3,(H,22,23)/t12-,16+/m1/s1. The molecule has 1 aliphatic heterocycles. The van der Waals surface area contributed by atoms with E-state index in [2.05, 4.69) is 10.4 Å². The van der Waals surface area contributed by atoms with E-state index in [1.54, 1.807) is 10.9 Å². The molecule has 2 heterocycles. The number of benzene rings is 1. The molecule has 1 aromatic heterocycles. The molecule has 7 nitrogen and oxygen atoms in total. The monoisotopic (exact) mass is 365 g/mol. The highest BCUT2D eigenvalue weighted by Gasteiger charge is 2.27. The van der Waals surface area contributed by atoms with Crippen molar-refractivity contribution in [3.05, 3.63) is 41.2 Å². The van der Waals surface area contributed by atoms with Crippen LogP contribution in [0.1, 0.15) is 12.1 Å². The van der Waals surface area contributed by atoms with Gasteiger partial charge < -0.3 is 19.9 Å². The zero-order chi connectivity index (χ0) is 17.8. The number of halogens is 1. The average Bonchev–Trinajstić information content (AvgIpc) is 2.93. The second kappa shape index (κ2) is 7.76. The van der Waals surface area contributed by atoms with Crippen LogP contribution in [-0.2, 0) is 4.74 Å². The number of carboxylic acid groups (broad SMARTS) is 1. The predicted molar refractivity (Wildman–Crippen MR) is 92.7 cm³/mol. The van der Waals surface area contributed by atoms with Crippen LogP contribution in [0.3, 0.4) is 0 Å². The van der Waals surface area contributed by atoms with Crippen LogP contribution in [0.25, 0.3) is 5.69 Å². The first kappa shape index (κ1) is 17.6. The zero-order valence-electron chi connectivity index (χ0n) is 13.8. The molecule has 1 aliphatic rings. The zero-order valence-corrected chi connectivity index (χ0v) is 14.6. The molecule has 25 heavy (non-hydrogen) atoms. The van der Waals surface area contributed by atoms with Crippen LogP contribution >= 0.6 is 11.6 Å². The van der Waals surface area contributed by atoms with Crippen LogP contribution in [0.5, 0.6) is 5.75 Å². The quantitative estimate of drug-likeness (QED) is 0.850. The topological polar surface area (TPSA) is 85.6 Å². The molecular formula is C17H20ClN3O4. The summed E-state index contributed by atoms with van der Waals surface area (Å²) in [4.78, 5) is 10.9. The number of hydrogen-bond donors (Lipinski definition) is 2. The van der Waals surface area contributed by atoms with Gasteiger partial charge >= 0.3 is 6.09 Å². The smallest absolute Gasteiger partial charge is 0.404 e. The third-order valence-electron chi connectivity index (χ3n) is 4.19. The molecule has 3 rings (SSSR count). The Bertz CT molecular complexity index is 712. The molecule has 1 aromatic carbocycles. The number of nitrogens with zero attached hydrogens (tertiary/aromatic N) is 2. The van der Waals surface area contributed by atoms with Crippen LogP contribution in [0.2, 0.25) is 5.02 Å². The van der Waals surface area contributed by atoms with Crippen molar-refractivity contribution in [2.24, 2.45) is 5.92 Å². The summed E-state index contributed by atoms with van der Waals surface area (Å²) in [5, 5.41) is 16.4. The second-order valence-electron chi connectivity index (χ2n) is 5.99. The van der Waals surface area contributed by atoms with E-state index < -0.39 is 6.09 Å². The summed E-state index contributed by atoms with van der Waals surface area (Å²) in [6.45, 7) is 3.28. The minimum absolute atomic E-state index is 0.0166. The first-order valence-electron chi connectivity index (χ1n) is 8.05. The molecule has 0 unspecified atom stereocenters. The number of aryl methyl sites for hydroxylation is 1. The summed E-state index contributed by atoms with van der Waals surface area (Å²) < 4.78 is 13.0. The largest absolute Gasteiger partial charge is 0.493 e. The van der Waals surface area contributed by atoms with Gasteiger partial charge in [0, 0.05) is 24.8 Å². The van der Waals surface area contributed by atoms with Crippen LogP contribution < -0.4 is 10.1 Å². The number of nitrogens with one attached hydrogen (secondary N) is 1. The molecule has 0 spiro atoms. The van der Waals surface area contributed by atoms with Crippen LogP contribution in [-0.4, -0.2) is 46.8 Å². The lowest BCUT2D eigenvalue weighted by atomic mass is 9.97. The molecule has 8 heteroatoms. The van der Waals surface area contributed by atoms with Crippen molar-refractivity contribution < 1.29 is 19.4 Å². The molecule has 2 atom stereocenters. The number of amides is 1. The van der Waals surface area contributed by atoms with Gasteiger partial charge in [0.15, 0.2) is 0 Å². The molecule has 0 bridgehead atoms. The van der Waals surface area contributed by atoms with Gasteiger partial charge in [-0.1, -0.05) is 11.6 Å². The normalized spacial score (nSPS) is 20.2. The number of ether oxygens (including phenoxy) is 2. The summed E-state index contributed by atoms with van der Waals surface area (Å²) in [6.07, 6.45) is 1.39. The number of aromatic nitrogens is 2. The molecule has 0 aliphatic carbocycles. The molecular weight excluding hydrogens is 346 g/mol. The van der Waals surface area contributed by atoms with Gasteiger partial charge in [0.25, 0.3) is 0 Å². The van der Waals surface area contributed by atoms with Crippen molar-refractivity contribution >= 4 is 17.7 Å². The lowest BCUT2D eigenvalue weighted by molar-refractivity contribution is 0.0140. The van der Waals surface area contributed by atoms with Crippen LogP contribution in [0, 0.1) is 12.8 Å². The summed E-state index contributed by atoms with van der Waals surface area (Å²) in [5.41, 5.74) is 1.66. The maximum Gasteiger partial charge on any atom is 0.404 e. The van der Waals surface area contributed by atoms with Crippen molar-refractivity contribution in [3.8, 4) is 11.4 Å². The average molecular weight is 366 g/mol. The predicted octanol–water partition coefficient (Wildman–Crippen LogP) is 2.89. The summed E-state index contributed by atoms with van der Waals surface area (Å²) in [7, 11) is 0. The number of rotatable bonds is 5. The molecule has 1 fully saturated rings. The van der Waals surface area contributed by atoms with E-state index in [0.717, 1.165) is 11.4 Å². The Labute approximate surface area is 150 Å². The fourth-order valence-electron chi connectivity index (χ4n) is 2.78. The minimum atomic E-state index is -1.02. The van der Waals surface area contributed by atoms with Gasteiger partial charge in [0.05, 0.1) is 29.6 Å². The minimum Gasteiger partial charge on any atom is -0.493 e. The molecule has 0 radical (unpaired) electrons. The number of hydrogen-bond acceptors (Lipinski definition) is 4. The number of carbonyl (C=O) groups is 1. The van der Waals surface area contributed by atoms with Gasteiger partial charge in [-0.05, 0) is 37.6 Å². The Hall–Kier alpha value is -2.25. The van der Waals surface area contributed by atoms with Gasteiger partial charge in [0.2, 0.25) is 0 Å². The van der Waals surface area contributed by atoms with E-state index in [9.17, 15) is 4.79 Å². The Balaban J connectivity index is 1.60. The molecule has 1 amide bonds. The fourth-order valence-corrected chi connectivity index (χ4v) is 2.91. The van der Waals surface area contributed by atoms with Crippen molar-refractivity contribution in [2.45, 2.75) is 19.4 Å². The third kappa shape index (κ3) is 4.43. The Kier molecular flexibility index (Phi) is 5.45. The molecule has 2 N–H and O–H groups in total. The molecule has 0 saturated carbocycles. The van der Waals surface area contributed by atoms with E-state index in [-0.39, 0.29) is 12.0 Å². The van der Waals surface area contributed by atoms with E-state index in [1.807, 2.05) is 31.2 Å². The van der Waals surface area contributed by atoms with Crippen LogP contribution in [0.4, 0.5) is 4.79 Å². The Morgan fingerprint density at radius 2 is 2.24 bits per heavy atom. The first-order valence-corrected chi connectivity index (χ1v) is 8.43. The van der Waals surface area contributed by atoms with Gasteiger partial charge in [-0.15, -0.1) is 0 Å². The van der Waals surface area contributed by atoms with E-state index in [0.29, 0.717) is 37.0 Å². The lowest BCUT2D eigenvalue weighted by Crippen LogP contribution is -2.47. The van der Waals surface area contributed by atoms with Crippen LogP contribution in [0.15, 0.2) is 30.5 Å². The first-order chi connectivity index (χ1) is 12.0. The highest BCUT2D eigenvalue weighted by Crippen LogP contribution is 2.21. The van der Waals surface area contributed by atoms with E-state index in [4.69, 9.17) is 26.2 Å². The van der Waals surface area contributed by atoms with Crippen molar-refractivity contribution in [3.63, 3.8) is 0 Å². The molecule has 2 aromatic rings. The van der Waals surface area contributed by atoms with Crippen molar-refractivity contribution in [2.75, 3.05) is 19.8 Å². The third-order valence-corrected chi connectivity index (χ3v) is 4.56. The fraction of sp³-hybridized carbons (Fsp3) is 0.412. The van der Waals surface area contributed by atoms with Gasteiger partial charge in [-0.25, -0.2) is 9.48 Å². The van der Waals surface area contributed by atoms with Gasteiger partial charge in [0.1, 0.15) is 5.75 Å². The molecule has 1 saturated heterocycles. The highest BCUT2D eigenvalue weighted by atomic mass is 35.5. The van der Waals surface area contributed by atoms with Crippen molar-refractivity contribution in [1.29, 1.82) is 0 Å². The lowest BCUT2D eigenvalue weighted by Gasteiger charge is -2.31. The maximum atomic E-state index is 10.9.